The first-order valence-corrected chi connectivity index (χ1v) is 10.0. The van der Waals surface area contributed by atoms with Gasteiger partial charge in [0.15, 0.2) is 0 Å². The van der Waals surface area contributed by atoms with Crippen molar-refractivity contribution in [2.45, 2.75) is 19.3 Å². The number of rotatable bonds is 4. The van der Waals surface area contributed by atoms with Crippen LogP contribution in [0.5, 0.6) is 0 Å². The third kappa shape index (κ3) is 4.54. The van der Waals surface area contributed by atoms with E-state index in [0.717, 1.165) is 44.0 Å². The van der Waals surface area contributed by atoms with E-state index in [4.69, 9.17) is 12.2 Å². The molecule has 1 aliphatic heterocycles. The second kappa shape index (κ2) is 8.57. The van der Waals surface area contributed by atoms with Crippen LogP contribution in [-0.2, 0) is 12.8 Å². The van der Waals surface area contributed by atoms with Crippen molar-refractivity contribution in [2.75, 3.05) is 31.1 Å². The van der Waals surface area contributed by atoms with Crippen molar-refractivity contribution in [2.24, 2.45) is 0 Å². The van der Waals surface area contributed by atoms with Gasteiger partial charge >= 0.3 is 6.18 Å². The lowest BCUT2D eigenvalue weighted by molar-refractivity contribution is -0.137. The first kappa shape index (κ1) is 20.5. The predicted molar refractivity (Wildman–Crippen MR) is 110 cm³/mol. The summed E-state index contributed by atoms with van der Waals surface area (Å²) in [7, 11) is 0. The summed E-state index contributed by atoms with van der Waals surface area (Å²) in [6, 6.07) is 12.3. The van der Waals surface area contributed by atoms with Crippen LogP contribution < -0.4 is 4.90 Å². The summed E-state index contributed by atoms with van der Waals surface area (Å²) >= 11 is 5.58. The van der Waals surface area contributed by atoms with Gasteiger partial charge in [-0.2, -0.15) is 18.3 Å². The fraction of sp³-hybridized carbons (Fsp3) is 0.350. The number of aromatic nitrogens is 4. The molecule has 0 saturated carbocycles. The molecule has 0 radical (unpaired) electrons. The Balaban J connectivity index is 1.41. The Kier molecular flexibility index (Phi) is 5.87. The quantitative estimate of drug-likeness (QED) is 0.581. The number of anilines is 1. The third-order valence-electron chi connectivity index (χ3n) is 5.09. The molecule has 6 nitrogen and oxygen atoms in total. The van der Waals surface area contributed by atoms with E-state index < -0.39 is 11.7 Å². The molecule has 3 heterocycles. The molecule has 0 N–H and O–H groups in total. The number of hydrogen-bond acceptors (Lipinski definition) is 5. The molecule has 0 spiro atoms. The van der Waals surface area contributed by atoms with E-state index in [9.17, 15) is 13.2 Å². The maximum atomic E-state index is 12.7. The van der Waals surface area contributed by atoms with Gasteiger partial charge in [0.25, 0.3) is 0 Å². The highest BCUT2D eigenvalue weighted by Gasteiger charge is 2.31. The molecule has 2 aromatic heterocycles. The highest BCUT2D eigenvalue weighted by Crippen LogP contribution is 2.29. The lowest BCUT2D eigenvalue weighted by atomic mass is 10.2. The molecule has 0 unspecified atom stereocenters. The summed E-state index contributed by atoms with van der Waals surface area (Å²) in [4.78, 5) is 8.27. The van der Waals surface area contributed by atoms with Gasteiger partial charge < -0.3 is 4.90 Å². The van der Waals surface area contributed by atoms with E-state index >= 15 is 0 Å². The van der Waals surface area contributed by atoms with E-state index in [0.29, 0.717) is 23.8 Å². The van der Waals surface area contributed by atoms with Crippen LogP contribution in [0.2, 0.25) is 0 Å². The fourth-order valence-corrected chi connectivity index (χ4v) is 3.73. The molecule has 1 saturated heterocycles. The summed E-state index contributed by atoms with van der Waals surface area (Å²) in [6.45, 7) is 3.55. The standard InChI is InChI=1S/C20H21F3N6S/c21-20(22,23)16-7-8-18(24-13-16)27-10-4-9-26(11-12-27)15-29-19(30)28(14-25-29)17-5-2-1-3-6-17/h1-3,5-8,13-14H,4,9-12,15H2. The van der Waals surface area contributed by atoms with Crippen molar-refractivity contribution in [3.63, 3.8) is 0 Å². The van der Waals surface area contributed by atoms with Crippen LogP contribution >= 0.6 is 12.2 Å². The molecule has 4 rings (SSSR count). The third-order valence-corrected chi connectivity index (χ3v) is 5.50. The molecule has 1 aromatic carbocycles. The van der Waals surface area contributed by atoms with Gasteiger partial charge in [-0.3, -0.25) is 9.47 Å². The Bertz CT molecular complexity index is 1030. The Hall–Kier alpha value is -2.72. The number of halogens is 3. The van der Waals surface area contributed by atoms with Crippen molar-refractivity contribution in [1.29, 1.82) is 0 Å². The average molecular weight is 434 g/mol. The van der Waals surface area contributed by atoms with Gasteiger partial charge in [-0.05, 0) is 42.9 Å². The van der Waals surface area contributed by atoms with Gasteiger partial charge in [0.1, 0.15) is 12.1 Å². The number of nitrogens with zero attached hydrogens (tertiary/aromatic N) is 6. The minimum absolute atomic E-state index is 0.562. The van der Waals surface area contributed by atoms with Gasteiger partial charge in [-0.25, -0.2) is 9.67 Å². The fourth-order valence-electron chi connectivity index (χ4n) is 3.47. The molecule has 0 amide bonds. The van der Waals surface area contributed by atoms with E-state index in [1.54, 1.807) is 11.0 Å². The van der Waals surface area contributed by atoms with E-state index in [-0.39, 0.29) is 0 Å². The normalized spacial score (nSPS) is 15.9. The summed E-state index contributed by atoms with van der Waals surface area (Å²) in [6.07, 6.45) is -0.889. The Morgan fingerprint density at radius 2 is 1.77 bits per heavy atom. The highest BCUT2D eigenvalue weighted by molar-refractivity contribution is 7.71. The van der Waals surface area contributed by atoms with Crippen molar-refractivity contribution in [3.8, 4) is 5.69 Å². The topological polar surface area (TPSA) is 42.1 Å². The Morgan fingerprint density at radius 1 is 0.967 bits per heavy atom. The Labute approximate surface area is 177 Å². The second-order valence-corrected chi connectivity index (χ2v) is 7.49. The summed E-state index contributed by atoms with van der Waals surface area (Å²) in [5.41, 5.74) is 0.232. The first-order chi connectivity index (χ1) is 14.4. The largest absolute Gasteiger partial charge is 0.417 e. The van der Waals surface area contributed by atoms with Crippen LogP contribution in [0.15, 0.2) is 55.0 Å². The van der Waals surface area contributed by atoms with Gasteiger partial charge in [-0.1, -0.05) is 18.2 Å². The molecule has 1 aliphatic rings. The minimum Gasteiger partial charge on any atom is -0.355 e. The Morgan fingerprint density at radius 3 is 2.47 bits per heavy atom. The van der Waals surface area contributed by atoms with Crippen LogP contribution in [0.4, 0.5) is 19.0 Å². The molecule has 158 valence electrons. The average Bonchev–Trinajstić information content (AvgIpc) is 2.95. The number of benzene rings is 1. The van der Waals surface area contributed by atoms with E-state index in [1.807, 2.05) is 39.8 Å². The van der Waals surface area contributed by atoms with Gasteiger partial charge in [-0.15, -0.1) is 0 Å². The maximum Gasteiger partial charge on any atom is 0.417 e. The monoisotopic (exact) mass is 434 g/mol. The van der Waals surface area contributed by atoms with Crippen LogP contribution in [0.3, 0.4) is 0 Å². The molecule has 30 heavy (non-hydrogen) atoms. The van der Waals surface area contributed by atoms with Crippen molar-refractivity contribution < 1.29 is 13.2 Å². The van der Waals surface area contributed by atoms with Crippen LogP contribution in [0.25, 0.3) is 5.69 Å². The van der Waals surface area contributed by atoms with Gasteiger partial charge in [0.05, 0.1) is 12.2 Å². The lowest BCUT2D eigenvalue weighted by Gasteiger charge is -2.23. The molecular formula is C20H21F3N6S. The highest BCUT2D eigenvalue weighted by atomic mass is 32.1. The zero-order valence-electron chi connectivity index (χ0n) is 16.2. The lowest BCUT2D eigenvalue weighted by Crippen LogP contribution is -2.32. The number of alkyl halides is 3. The summed E-state index contributed by atoms with van der Waals surface area (Å²) in [5.74, 6) is 0.565. The number of pyridine rings is 1. The summed E-state index contributed by atoms with van der Waals surface area (Å²) in [5, 5.41) is 4.43. The van der Waals surface area contributed by atoms with Crippen LogP contribution in [-0.4, -0.2) is 50.4 Å². The van der Waals surface area contributed by atoms with Crippen molar-refractivity contribution >= 4 is 18.0 Å². The smallest absolute Gasteiger partial charge is 0.355 e. The number of hydrogen-bond donors (Lipinski definition) is 0. The molecule has 10 heteroatoms. The number of para-hydroxylation sites is 1. The predicted octanol–water partition coefficient (Wildman–Crippen LogP) is 3.99. The second-order valence-electron chi connectivity index (χ2n) is 7.12. The van der Waals surface area contributed by atoms with E-state index in [1.165, 1.54) is 6.07 Å². The van der Waals surface area contributed by atoms with Gasteiger partial charge in [0, 0.05) is 38.1 Å². The molecule has 1 fully saturated rings. The zero-order chi connectivity index (χ0) is 21.1. The SMILES string of the molecule is FC(F)(F)c1ccc(N2CCCN(Cn3ncn(-c4ccccc4)c3=S)CC2)nc1. The maximum absolute atomic E-state index is 12.7. The first-order valence-electron chi connectivity index (χ1n) is 9.62. The van der Waals surface area contributed by atoms with Gasteiger partial charge in [0.2, 0.25) is 4.77 Å². The van der Waals surface area contributed by atoms with E-state index in [2.05, 4.69) is 15.0 Å². The molecular weight excluding hydrogens is 413 g/mol. The van der Waals surface area contributed by atoms with Crippen molar-refractivity contribution in [1.82, 2.24) is 24.2 Å². The zero-order valence-corrected chi connectivity index (χ0v) is 17.0. The van der Waals surface area contributed by atoms with Crippen LogP contribution in [0.1, 0.15) is 12.0 Å². The van der Waals surface area contributed by atoms with Crippen LogP contribution in [0, 0.1) is 4.77 Å². The molecule has 3 aromatic rings. The molecule has 0 aliphatic carbocycles. The summed E-state index contributed by atoms with van der Waals surface area (Å²) < 4.78 is 42.5. The molecule has 0 atom stereocenters. The molecule has 0 bridgehead atoms. The minimum atomic E-state index is -4.37. The van der Waals surface area contributed by atoms with Crippen molar-refractivity contribution in [3.05, 3.63) is 65.3 Å².